The Morgan fingerprint density at radius 1 is 1.62 bits per heavy atom. The summed E-state index contributed by atoms with van der Waals surface area (Å²) in [5.41, 5.74) is 0. The van der Waals surface area contributed by atoms with Crippen LogP contribution in [-0.4, -0.2) is 17.5 Å². The molecule has 0 aromatic carbocycles. The monoisotopic (exact) mass is 151 g/mol. The van der Waals surface area contributed by atoms with Crippen molar-refractivity contribution in [1.82, 2.24) is 0 Å². The first-order valence-electron chi connectivity index (χ1n) is 2.21. The zero-order valence-corrected chi connectivity index (χ0v) is 6.18. The van der Waals surface area contributed by atoms with Crippen LogP contribution in [0.15, 0.2) is 0 Å². The van der Waals surface area contributed by atoms with Crippen LogP contribution in [0.25, 0.3) is 0 Å². The van der Waals surface area contributed by atoms with Gasteiger partial charge in [0.05, 0.1) is 5.97 Å². The molecule has 0 bridgehead atoms. The smallest absolute Gasteiger partial charge is 0.0522 e. The van der Waals surface area contributed by atoms with Crippen LogP contribution in [0.5, 0.6) is 0 Å². The van der Waals surface area contributed by atoms with Gasteiger partial charge in [-0.25, -0.2) is 0 Å². The van der Waals surface area contributed by atoms with Crippen molar-refractivity contribution in [3.05, 3.63) is 0 Å². The maximum atomic E-state index is 9.73. The summed E-state index contributed by atoms with van der Waals surface area (Å²) in [5.74, 6) is 0.0483. The van der Waals surface area contributed by atoms with E-state index in [-0.39, 0.29) is 5.75 Å². The molecule has 0 saturated carbocycles. The highest BCUT2D eigenvalue weighted by Crippen LogP contribution is 2.18. The molecule has 0 spiro atoms. The molecule has 0 saturated heterocycles. The molecular formula is C4H7O2S2-. The van der Waals surface area contributed by atoms with E-state index in [1.807, 2.05) is 6.92 Å². The Kier molecular flexibility index (Phi) is 5.42. The van der Waals surface area contributed by atoms with Gasteiger partial charge in [-0.05, 0) is 0 Å². The molecule has 0 N–H and O–H groups in total. The van der Waals surface area contributed by atoms with E-state index in [0.29, 0.717) is 0 Å². The molecule has 0 amide bonds. The van der Waals surface area contributed by atoms with E-state index >= 15 is 0 Å². The van der Waals surface area contributed by atoms with Crippen LogP contribution in [-0.2, 0) is 4.79 Å². The fraction of sp³-hybridized carbons (Fsp3) is 0.750. The van der Waals surface area contributed by atoms with Crippen molar-refractivity contribution in [2.75, 3.05) is 11.5 Å². The molecule has 0 heterocycles. The largest absolute Gasteiger partial charge is 0.549 e. The minimum atomic E-state index is -0.990. The van der Waals surface area contributed by atoms with Crippen LogP contribution >= 0.6 is 21.6 Å². The van der Waals surface area contributed by atoms with Gasteiger partial charge in [-0.15, -0.1) is 0 Å². The number of carboxylic acids is 1. The van der Waals surface area contributed by atoms with Gasteiger partial charge in [-0.1, -0.05) is 28.5 Å². The number of aliphatic carboxylic acids is 1. The second-order valence-corrected chi connectivity index (χ2v) is 3.79. The summed E-state index contributed by atoms with van der Waals surface area (Å²) in [5, 5.41) is 9.73. The Morgan fingerprint density at radius 2 is 2.25 bits per heavy atom. The maximum absolute atomic E-state index is 9.73. The van der Waals surface area contributed by atoms with Crippen molar-refractivity contribution in [2.24, 2.45) is 0 Å². The van der Waals surface area contributed by atoms with E-state index in [1.54, 1.807) is 0 Å². The predicted molar refractivity (Wildman–Crippen MR) is 35.6 cm³/mol. The molecule has 0 aliphatic heterocycles. The zero-order chi connectivity index (χ0) is 6.41. The Bertz CT molecular complexity index is 74.4. The van der Waals surface area contributed by atoms with Gasteiger partial charge in [0.1, 0.15) is 0 Å². The molecule has 0 aliphatic carbocycles. The second-order valence-electron chi connectivity index (χ2n) is 1.04. The van der Waals surface area contributed by atoms with Gasteiger partial charge < -0.3 is 9.90 Å². The van der Waals surface area contributed by atoms with Crippen LogP contribution in [0.4, 0.5) is 0 Å². The fourth-order valence-corrected chi connectivity index (χ4v) is 1.56. The summed E-state index contributed by atoms with van der Waals surface area (Å²) in [6, 6.07) is 0. The Labute approximate surface area is 56.4 Å². The van der Waals surface area contributed by atoms with Crippen LogP contribution in [0.3, 0.4) is 0 Å². The quantitative estimate of drug-likeness (QED) is 0.423. The van der Waals surface area contributed by atoms with Crippen molar-refractivity contribution < 1.29 is 9.90 Å². The lowest BCUT2D eigenvalue weighted by atomic mass is 10.8. The van der Waals surface area contributed by atoms with Gasteiger partial charge in [0.15, 0.2) is 0 Å². The fourth-order valence-electron chi connectivity index (χ4n) is 0.173. The van der Waals surface area contributed by atoms with Crippen molar-refractivity contribution >= 4 is 27.6 Å². The number of carboxylic acid groups (broad SMARTS) is 1. The first-order chi connectivity index (χ1) is 3.77. The predicted octanol–water partition coefficient (Wildman–Crippen LogP) is 0.138. The van der Waals surface area contributed by atoms with Gasteiger partial charge in [-0.3, -0.25) is 0 Å². The normalized spacial score (nSPS) is 9.12. The minimum Gasteiger partial charge on any atom is -0.549 e. The molecule has 48 valence electrons. The summed E-state index contributed by atoms with van der Waals surface area (Å²) in [6.07, 6.45) is 0. The molecule has 0 unspecified atom stereocenters. The molecule has 4 heteroatoms. The van der Waals surface area contributed by atoms with E-state index in [1.165, 1.54) is 21.6 Å². The van der Waals surface area contributed by atoms with Crippen LogP contribution in [0.1, 0.15) is 6.92 Å². The molecule has 0 rings (SSSR count). The second kappa shape index (κ2) is 5.31. The van der Waals surface area contributed by atoms with Gasteiger partial charge in [0.2, 0.25) is 0 Å². The molecule has 0 atom stereocenters. The molecule has 0 fully saturated rings. The van der Waals surface area contributed by atoms with Crippen LogP contribution in [0, 0.1) is 0 Å². The topological polar surface area (TPSA) is 40.1 Å². The van der Waals surface area contributed by atoms with Crippen LogP contribution < -0.4 is 5.11 Å². The first kappa shape index (κ1) is 8.17. The zero-order valence-electron chi connectivity index (χ0n) is 4.55. The summed E-state index contributed by atoms with van der Waals surface area (Å²) in [4.78, 5) is 9.73. The summed E-state index contributed by atoms with van der Waals surface area (Å²) < 4.78 is 0. The van der Waals surface area contributed by atoms with Gasteiger partial charge >= 0.3 is 0 Å². The minimum absolute atomic E-state index is 0.0957. The summed E-state index contributed by atoms with van der Waals surface area (Å²) in [6.45, 7) is 1.98. The SMILES string of the molecule is CCSSCC(=O)[O-]. The van der Waals surface area contributed by atoms with Gasteiger partial charge in [0.25, 0.3) is 0 Å². The molecule has 8 heavy (non-hydrogen) atoms. The number of hydrogen-bond donors (Lipinski definition) is 0. The Hall–Kier alpha value is 0.170. The average molecular weight is 151 g/mol. The van der Waals surface area contributed by atoms with E-state index in [4.69, 9.17) is 0 Å². The van der Waals surface area contributed by atoms with Gasteiger partial charge in [-0.2, -0.15) is 0 Å². The molecule has 0 radical (unpaired) electrons. The molecular weight excluding hydrogens is 144 g/mol. The van der Waals surface area contributed by atoms with E-state index in [9.17, 15) is 9.90 Å². The highest BCUT2D eigenvalue weighted by Gasteiger charge is 1.84. The van der Waals surface area contributed by atoms with Crippen molar-refractivity contribution in [3.63, 3.8) is 0 Å². The maximum Gasteiger partial charge on any atom is 0.0522 e. The van der Waals surface area contributed by atoms with E-state index < -0.39 is 5.97 Å². The summed E-state index contributed by atoms with van der Waals surface area (Å²) >= 11 is 0. The van der Waals surface area contributed by atoms with E-state index in [0.717, 1.165) is 5.75 Å². The first-order valence-corrected chi connectivity index (χ1v) is 4.70. The number of carbonyl (C=O) groups is 1. The molecule has 0 aliphatic rings. The number of hydrogen-bond acceptors (Lipinski definition) is 4. The van der Waals surface area contributed by atoms with Crippen molar-refractivity contribution in [1.29, 1.82) is 0 Å². The van der Waals surface area contributed by atoms with Crippen molar-refractivity contribution in [2.45, 2.75) is 6.92 Å². The lowest BCUT2D eigenvalue weighted by Gasteiger charge is -1.97. The van der Waals surface area contributed by atoms with E-state index in [2.05, 4.69) is 0 Å². The average Bonchev–Trinajstić information content (AvgIpc) is 1.66. The third-order valence-electron chi connectivity index (χ3n) is 0.378. The highest BCUT2D eigenvalue weighted by molar-refractivity contribution is 8.76. The lowest BCUT2D eigenvalue weighted by molar-refractivity contribution is -0.301. The lowest BCUT2D eigenvalue weighted by Crippen LogP contribution is -2.23. The molecule has 0 aromatic rings. The molecule has 2 nitrogen and oxygen atoms in total. The Morgan fingerprint density at radius 3 is 2.62 bits per heavy atom. The third kappa shape index (κ3) is 6.17. The summed E-state index contributed by atoms with van der Waals surface area (Å²) in [7, 11) is 2.85. The number of carbonyl (C=O) groups excluding carboxylic acids is 1. The van der Waals surface area contributed by atoms with Crippen molar-refractivity contribution in [3.8, 4) is 0 Å². The Balaban J connectivity index is 2.82. The van der Waals surface area contributed by atoms with Crippen LogP contribution in [0.2, 0.25) is 0 Å². The standard InChI is InChI=1S/C4H8O2S2/c1-2-7-8-3-4(5)6/h2-3H2,1H3,(H,5,6)/p-1. The highest BCUT2D eigenvalue weighted by atomic mass is 33.1. The number of rotatable bonds is 4. The molecule has 0 aromatic heterocycles. The van der Waals surface area contributed by atoms with Gasteiger partial charge in [0, 0.05) is 11.5 Å². The third-order valence-corrected chi connectivity index (χ3v) is 2.69.